The van der Waals surface area contributed by atoms with Gasteiger partial charge in [0.1, 0.15) is 5.82 Å². The first kappa shape index (κ1) is 19.2. The predicted octanol–water partition coefficient (Wildman–Crippen LogP) is 4.59. The molecule has 0 aliphatic heterocycles. The molecule has 0 saturated carbocycles. The Bertz CT molecular complexity index is 1330. The zero-order valence-electron chi connectivity index (χ0n) is 15.1. The average molecular weight is 429 g/mol. The van der Waals surface area contributed by atoms with Crippen LogP contribution in [0, 0.1) is 12.7 Å². The smallest absolute Gasteiger partial charge is 0.261 e. The normalized spacial score (nSPS) is 11.6. The molecule has 0 aliphatic rings. The SMILES string of the molecule is Cc1cnc2ccc(-c3cnc(Cl)c(NS(=O)(=O)c4ccc(F)cc4)c3)cc2n1. The van der Waals surface area contributed by atoms with Gasteiger partial charge in [-0.3, -0.25) is 9.71 Å². The van der Waals surface area contributed by atoms with Crippen LogP contribution in [-0.4, -0.2) is 23.4 Å². The fourth-order valence-corrected chi connectivity index (χ4v) is 4.04. The molecule has 146 valence electrons. The van der Waals surface area contributed by atoms with E-state index in [4.69, 9.17) is 11.6 Å². The summed E-state index contributed by atoms with van der Waals surface area (Å²) in [7, 11) is -3.96. The predicted molar refractivity (Wildman–Crippen MR) is 110 cm³/mol. The Morgan fingerprint density at radius 3 is 2.45 bits per heavy atom. The van der Waals surface area contributed by atoms with Gasteiger partial charge in [0.15, 0.2) is 5.15 Å². The molecule has 0 aliphatic carbocycles. The van der Waals surface area contributed by atoms with Gasteiger partial charge in [0.05, 0.1) is 27.3 Å². The van der Waals surface area contributed by atoms with Crippen molar-refractivity contribution in [3.05, 3.63) is 77.6 Å². The molecule has 4 rings (SSSR count). The molecule has 0 bridgehead atoms. The molecule has 2 aromatic heterocycles. The lowest BCUT2D eigenvalue weighted by atomic mass is 10.1. The molecule has 0 saturated heterocycles. The fourth-order valence-electron chi connectivity index (χ4n) is 2.78. The molecule has 29 heavy (non-hydrogen) atoms. The van der Waals surface area contributed by atoms with E-state index in [2.05, 4.69) is 19.7 Å². The van der Waals surface area contributed by atoms with Gasteiger partial charge in [0, 0.05) is 18.0 Å². The highest BCUT2D eigenvalue weighted by Gasteiger charge is 2.17. The number of hydrogen-bond donors (Lipinski definition) is 1. The van der Waals surface area contributed by atoms with Crippen LogP contribution in [0.2, 0.25) is 5.15 Å². The summed E-state index contributed by atoms with van der Waals surface area (Å²) in [6.07, 6.45) is 3.23. The maximum absolute atomic E-state index is 13.1. The number of sulfonamides is 1. The summed E-state index contributed by atoms with van der Waals surface area (Å²) >= 11 is 6.10. The lowest BCUT2D eigenvalue weighted by Crippen LogP contribution is -2.13. The Balaban J connectivity index is 1.72. The van der Waals surface area contributed by atoms with Gasteiger partial charge in [-0.25, -0.2) is 22.8 Å². The Morgan fingerprint density at radius 1 is 0.931 bits per heavy atom. The molecular formula is C20H14ClFN4O2S. The van der Waals surface area contributed by atoms with Crippen LogP contribution in [0.25, 0.3) is 22.2 Å². The van der Waals surface area contributed by atoms with Crippen LogP contribution in [0.1, 0.15) is 5.69 Å². The number of pyridine rings is 1. The summed E-state index contributed by atoms with van der Waals surface area (Å²) in [6.45, 7) is 1.85. The summed E-state index contributed by atoms with van der Waals surface area (Å²) in [5.41, 5.74) is 3.80. The average Bonchev–Trinajstić information content (AvgIpc) is 2.69. The van der Waals surface area contributed by atoms with E-state index in [0.29, 0.717) is 11.1 Å². The van der Waals surface area contributed by atoms with E-state index >= 15 is 0 Å². The van der Waals surface area contributed by atoms with Crippen LogP contribution in [0.3, 0.4) is 0 Å². The van der Waals surface area contributed by atoms with Crippen molar-refractivity contribution in [2.75, 3.05) is 4.72 Å². The molecule has 0 spiro atoms. The van der Waals surface area contributed by atoms with Gasteiger partial charge in [0.2, 0.25) is 0 Å². The zero-order valence-corrected chi connectivity index (χ0v) is 16.7. The molecule has 0 atom stereocenters. The van der Waals surface area contributed by atoms with E-state index in [9.17, 15) is 12.8 Å². The highest BCUT2D eigenvalue weighted by molar-refractivity contribution is 7.92. The van der Waals surface area contributed by atoms with E-state index in [1.54, 1.807) is 18.5 Å². The summed E-state index contributed by atoms with van der Waals surface area (Å²) in [4.78, 5) is 12.8. The second-order valence-electron chi connectivity index (χ2n) is 6.34. The molecule has 6 nitrogen and oxygen atoms in total. The first-order chi connectivity index (χ1) is 13.8. The number of benzene rings is 2. The van der Waals surface area contributed by atoms with E-state index in [0.717, 1.165) is 28.9 Å². The van der Waals surface area contributed by atoms with Crippen molar-refractivity contribution in [3.63, 3.8) is 0 Å². The molecule has 0 amide bonds. The molecule has 0 unspecified atom stereocenters. The minimum atomic E-state index is -3.96. The van der Waals surface area contributed by atoms with Crippen molar-refractivity contribution >= 4 is 38.3 Å². The van der Waals surface area contributed by atoms with Crippen LogP contribution < -0.4 is 4.72 Å². The zero-order chi connectivity index (χ0) is 20.6. The maximum atomic E-state index is 13.1. The molecule has 2 aromatic carbocycles. The topological polar surface area (TPSA) is 84.8 Å². The minimum Gasteiger partial charge on any atom is -0.276 e. The van der Waals surface area contributed by atoms with E-state index < -0.39 is 15.8 Å². The molecule has 1 N–H and O–H groups in total. The van der Waals surface area contributed by atoms with Crippen molar-refractivity contribution in [1.29, 1.82) is 0 Å². The van der Waals surface area contributed by atoms with Gasteiger partial charge < -0.3 is 0 Å². The van der Waals surface area contributed by atoms with E-state index in [-0.39, 0.29) is 15.7 Å². The second-order valence-corrected chi connectivity index (χ2v) is 8.38. The van der Waals surface area contributed by atoms with Crippen molar-refractivity contribution < 1.29 is 12.8 Å². The maximum Gasteiger partial charge on any atom is 0.261 e. The van der Waals surface area contributed by atoms with E-state index in [1.165, 1.54) is 12.1 Å². The number of aromatic nitrogens is 3. The molecule has 9 heteroatoms. The number of anilines is 1. The summed E-state index contributed by atoms with van der Waals surface area (Å²) in [6, 6.07) is 11.6. The lowest BCUT2D eigenvalue weighted by molar-refractivity contribution is 0.599. The van der Waals surface area contributed by atoms with Gasteiger partial charge >= 0.3 is 0 Å². The molecule has 0 radical (unpaired) electrons. The number of hydrogen-bond acceptors (Lipinski definition) is 5. The fraction of sp³-hybridized carbons (Fsp3) is 0.0500. The van der Waals surface area contributed by atoms with Gasteiger partial charge in [-0.15, -0.1) is 0 Å². The van der Waals surface area contributed by atoms with Crippen LogP contribution in [0.15, 0.2) is 65.8 Å². The van der Waals surface area contributed by atoms with Crippen molar-refractivity contribution in [3.8, 4) is 11.1 Å². The standard InChI is InChI=1S/C20H14ClFN4O2S/c1-12-10-23-17-7-2-13(8-18(17)25-12)14-9-19(20(21)24-11-14)26-29(27,28)16-5-3-15(22)4-6-16/h2-11,26H,1H3. The Kier molecular flexibility index (Phi) is 4.89. The minimum absolute atomic E-state index is 0.00383. The molecule has 2 heterocycles. The number of fused-ring (bicyclic) bond motifs is 1. The third-order valence-corrected chi connectivity index (χ3v) is 5.89. The van der Waals surface area contributed by atoms with Crippen molar-refractivity contribution in [1.82, 2.24) is 15.0 Å². The van der Waals surface area contributed by atoms with Crippen molar-refractivity contribution in [2.24, 2.45) is 0 Å². The highest BCUT2D eigenvalue weighted by atomic mass is 35.5. The second kappa shape index (κ2) is 7.38. The Hall–Kier alpha value is -3.10. The Labute approximate surface area is 171 Å². The molecule has 4 aromatic rings. The summed E-state index contributed by atoms with van der Waals surface area (Å²) < 4.78 is 40.7. The number of rotatable bonds is 4. The van der Waals surface area contributed by atoms with Gasteiger partial charge in [-0.2, -0.15) is 0 Å². The first-order valence-corrected chi connectivity index (χ1v) is 10.4. The first-order valence-electron chi connectivity index (χ1n) is 8.49. The summed E-state index contributed by atoms with van der Waals surface area (Å²) in [5.74, 6) is -0.528. The molecule has 0 fully saturated rings. The van der Waals surface area contributed by atoms with Crippen LogP contribution in [0.4, 0.5) is 10.1 Å². The summed E-state index contributed by atoms with van der Waals surface area (Å²) in [5, 5.41) is -0.00383. The van der Waals surface area contributed by atoms with Crippen LogP contribution >= 0.6 is 11.6 Å². The Morgan fingerprint density at radius 2 is 1.69 bits per heavy atom. The van der Waals surface area contributed by atoms with Gasteiger partial charge in [0.25, 0.3) is 10.0 Å². The van der Waals surface area contributed by atoms with Crippen molar-refractivity contribution in [2.45, 2.75) is 11.8 Å². The number of aryl methyl sites for hydroxylation is 1. The third kappa shape index (κ3) is 4.03. The molecular weight excluding hydrogens is 415 g/mol. The van der Waals surface area contributed by atoms with Crippen LogP contribution in [0.5, 0.6) is 0 Å². The number of halogens is 2. The largest absolute Gasteiger partial charge is 0.276 e. The van der Waals surface area contributed by atoms with Gasteiger partial charge in [-0.1, -0.05) is 17.7 Å². The number of nitrogens with one attached hydrogen (secondary N) is 1. The lowest BCUT2D eigenvalue weighted by Gasteiger charge is -2.11. The van der Waals surface area contributed by atoms with E-state index in [1.807, 2.05) is 25.1 Å². The third-order valence-electron chi connectivity index (χ3n) is 4.20. The monoisotopic (exact) mass is 428 g/mol. The number of nitrogens with zero attached hydrogens (tertiary/aromatic N) is 3. The highest BCUT2D eigenvalue weighted by Crippen LogP contribution is 2.29. The van der Waals surface area contributed by atoms with Gasteiger partial charge in [-0.05, 0) is 55.0 Å². The van der Waals surface area contributed by atoms with Crippen LogP contribution in [-0.2, 0) is 10.0 Å². The quantitative estimate of drug-likeness (QED) is 0.480.